The van der Waals surface area contributed by atoms with Gasteiger partial charge in [0.2, 0.25) is 0 Å². The fourth-order valence-electron chi connectivity index (χ4n) is 1.81. The van der Waals surface area contributed by atoms with Gasteiger partial charge in [0.1, 0.15) is 0 Å². The Balaban J connectivity index is 2.42. The van der Waals surface area contributed by atoms with E-state index in [1.165, 1.54) is 20.5 Å². The first-order valence-electron chi connectivity index (χ1n) is 5.29. The molecule has 0 aliphatic heterocycles. The van der Waals surface area contributed by atoms with Crippen LogP contribution < -0.4 is 5.32 Å². The van der Waals surface area contributed by atoms with Crippen molar-refractivity contribution in [3.05, 3.63) is 54.6 Å². The molecule has 17 heavy (non-hydrogen) atoms. The van der Waals surface area contributed by atoms with Crippen molar-refractivity contribution in [3.8, 4) is 0 Å². The molecule has 2 rings (SSSR count). The predicted molar refractivity (Wildman–Crippen MR) is 81.8 cm³/mol. The first-order valence-corrected chi connectivity index (χ1v) is 7.76. The van der Waals surface area contributed by atoms with Gasteiger partial charge in [0, 0.05) is 13.8 Å². The number of benzene rings is 1. The van der Waals surface area contributed by atoms with E-state index >= 15 is 0 Å². The van der Waals surface area contributed by atoms with Crippen molar-refractivity contribution in [1.82, 2.24) is 5.32 Å². The van der Waals surface area contributed by atoms with Gasteiger partial charge in [-0.2, -0.15) is 0 Å². The van der Waals surface area contributed by atoms with Crippen LogP contribution in [0.5, 0.6) is 0 Å². The lowest BCUT2D eigenvalue weighted by Crippen LogP contribution is -2.17. The van der Waals surface area contributed by atoms with Gasteiger partial charge in [-0.3, -0.25) is 0 Å². The van der Waals surface area contributed by atoms with Crippen molar-refractivity contribution in [2.24, 2.45) is 0 Å². The summed E-state index contributed by atoms with van der Waals surface area (Å²) in [5.41, 5.74) is 2.55. The van der Waals surface area contributed by atoms with Gasteiger partial charge < -0.3 is 5.32 Å². The zero-order chi connectivity index (χ0) is 12.4. The minimum absolute atomic E-state index is 0.246. The first kappa shape index (κ1) is 13.3. The van der Waals surface area contributed by atoms with Crippen molar-refractivity contribution in [2.75, 3.05) is 7.05 Å². The summed E-state index contributed by atoms with van der Waals surface area (Å²) in [6, 6.07) is 8.82. The fourth-order valence-corrected chi connectivity index (χ4v) is 3.79. The molecular weight excluding hydrogens is 362 g/mol. The number of thiophene rings is 1. The molecule has 0 saturated heterocycles. The van der Waals surface area contributed by atoms with Gasteiger partial charge in [-0.1, -0.05) is 28.1 Å². The Morgan fingerprint density at radius 2 is 1.94 bits per heavy atom. The van der Waals surface area contributed by atoms with Crippen LogP contribution in [0.3, 0.4) is 0 Å². The van der Waals surface area contributed by atoms with Crippen molar-refractivity contribution >= 4 is 43.2 Å². The van der Waals surface area contributed by atoms with E-state index in [9.17, 15) is 0 Å². The van der Waals surface area contributed by atoms with Crippen molar-refractivity contribution in [1.29, 1.82) is 0 Å². The Morgan fingerprint density at radius 1 is 1.18 bits per heavy atom. The van der Waals surface area contributed by atoms with Gasteiger partial charge in [-0.25, -0.2) is 0 Å². The van der Waals surface area contributed by atoms with E-state index in [4.69, 9.17) is 0 Å². The molecule has 0 spiro atoms. The average molecular weight is 375 g/mol. The molecular formula is C13H13Br2NS. The number of rotatable bonds is 3. The van der Waals surface area contributed by atoms with Crippen LogP contribution in [0.4, 0.5) is 0 Å². The molecule has 0 aliphatic carbocycles. The lowest BCUT2D eigenvalue weighted by molar-refractivity contribution is 0.700. The van der Waals surface area contributed by atoms with Gasteiger partial charge >= 0.3 is 0 Å². The largest absolute Gasteiger partial charge is 0.309 e. The third-order valence-corrected chi connectivity index (χ3v) is 5.54. The second-order valence-corrected chi connectivity index (χ2v) is 6.52. The van der Waals surface area contributed by atoms with E-state index in [2.05, 4.69) is 73.7 Å². The summed E-state index contributed by atoms with van der Waals surface area (Å²) in [6.07, 6.45) is 0. The van der Waals surface area contributed by atoms with Gasteiger partial charge in [0.15, 0.2) is 0 Å². The average Bonchev–Trinajstić information content (AvgIpc) is 2.71. The van der Waals surface area contributed by atoms with Crippen LogP contribution in [-0.2, 0) is 0 Å². The third-order valence-electron chi connectivity index (χ3n) is 2.71. The topological polar surface area (TPSA) is 12.0 Å². The highest BCUT2D eigenvalue weighted by Crippen LogP contribution is 2.34. The molecule has 1 atom stereocenters. The molecule has 1 nitrogen and oxygen atoms in total. The molecule has 1 unspecified atom stereocenters. The standard InChI is InChI=1S/C13H13Br2NS/c1-8-7-9(3-4-10(8)14)12(16-2)13-11(15)5-6-17-13/h3-7,12,16H,1-2H3. The molecule has 2 aromatic rings. The number of halogens is 2. The summed E-state index contributed by atoms with van der Waals surface area (Å²) in [4.78, 5) is 1.31. The molecule has 0 fully saturated rings. The maximum atomic E-state index is 3.60. The summed E-state index contributed by atoms with van der Waals surface area (Å²) in [6.45, 7) is 2.11. The summed E-state index contributed by atoms with van der Waals surface area (Å²) >= 11 is 8.90. The highest BCUT2D eigenvalue weighted by molar-refractivity contribution is 9.10. The van der Waals surface area contributed by atoms with Gasteiger partial charge in [0.05, 0.1) is 6.04 Å². The summed E-state index contributed by atoms with van der Waals surface area (Å²) in [5, 5.41) is 5.48. The van der Waals surface area contributed by atoms with Crippen LogP contribution in [0.1, 0.15) is 22.0 Å². The Kier molecular flexibility index (Phi) is 4.42. The maximum Gasteiger partial charge on any atom is 0.0680 e. The monoisotopic (exact) mass is 373 g/mol. The van der Waals surface area contributed by atoms with Gasteiger partial charge in [0.25, 0.3) is 0 Å². The molecule has 0 bridgehead atoms. The molecule has 0 amide bonds. The van der Waals surface area contributed by atoms with Gasteiger partial charge in [-0.15, -0.1) is 11.3 Å². The van der Waals surface area contributed by atoms with E-state index in [1.807, 2.05) is 7.05 Å². The Hall–Kier alpha value is -0.160. The fraction of sp³-hybridized carbons (Fsp3) is 0.231. The highest BCUT2D eigenvalue weighted by atomic mass is 79.9. The lowest BCUT2D eigenvalue weighted by atomic mass is 10.0. The molecule has 0 saturated carbocycles. The van der Waals surface area contributed by atoms with E-state index in [-0.39, 0.29) is 6.04 Å². The molecule has 0 radical (unpaired) electrons. The van der Waals surface area contributed by atoms with Crippen molar-refractivity contribution in [3.63, 3.8) is 0 Å². The maximum absolute atomic E-state index is 3.60. The van der Waals surface area contributed by atoms with Crippen LogP contribution >= 0.6 is 43.2 Å². The second kappa shape index (κ2) is 5.65. The number of nitrogens with one attached hydrogen (secondary N) is 1. The lowest BCUT2D eigenvalue weighted by Gasteiger charge is -2.17. The number of hydrogen-bond acceptors (Lipinski definition) is 2. The first-order chi connectivity index (χ1) is 8.13. The highest BCUT2D eigenvalue weighted by Gasteiger charge is 2.16. The minimum Gasteiger partial charge on any atom is -0.309 e. The molecule has 0 aliphatic rings. The minimum atomic E-state index is 0.246. The van der Waals surface area contributed by atoms with Crippen molar-refractivity contribution < 1.29 is 0 Å². The Labute approximate surface area is 123 Å². The molecule has 90 valence electrons. The quantitative estimate of drug-likeness (QED) is 0.806. The summed E-state index contributed by atoms with van der Waals surface area (Å²) in [7, 11) is 1.99. The zero-order valence-corrected chi connectivity index (χ0v) is 13.6. The Morgan fingerprint density at radius 3 is 2.47 bits per heavy atom. The van der Waals surface area contributed by atoms with Crippen molar-refractivity contribution in [2.45, 2.75) is 13.0 Å². The van der Waals surface area contributed by atoms with E-state index in [0.29, 0.717) is 0 Å². The number of hydrogen-bond donors (Lipinski definition) is 1. The predicted octanol–water partition coefficient (Wildman–Crippen LogP) is 4.89. The van der Waals surface area contributed by atoms with Gasteiger partial charge in [-0.05, 0) is 58.5 Å². The molecule has 1 aromatic carbocycles. The SMILES string of the molecule is CNC(c1ccc(Br)c(C)c1)c1sccc1Br. The normalized spacial score (nSPS) is 12.7. The van der Waals surface area contributed by atoms with Crippen LogP contribution in [0.2, 0.25) is 0 Å². The third kappa shape index (κ3) is 2.81. The summed E-state index contributed by atoms with van der Waals surface area (Å²) < 4.78 is 2.32. The van der Waals surface area contributed by atoms with E-state index < -0.39 is 0 Å². The molecule has 4 heteroatoms. The molecule has 1 heterocycles. The smallest absolute Gasteiger partial charge is 0.0680 e. The van der Waals surface area contributed by atoms with Crippen LogP contribution in [0.25, 0.3) is 0 Å². The van der Waals surface area contributed by atoms with Crippen LogP contribution in [-0.4, -0.2) is 7.05 Å². The Bertz CT molecular complexity index is 522. The molecule has 1 aromatic heterocycles. The van der Waals surface area contributed by atoms with E-state index in [0.717, 1.165) is 4.47 Å². The summed E-state index contributed by atoms with van der Waals surface area (Å²) in [5.74, 6) is 0. The van der Waals surface area contributed by atoms with Crippen LogP contribution in [0.15, 0.2) is 38.6 Å². The van der Waals surface area contributed by atoms with E-state index in [1.54, 1.807) is 11.3 Å². The zero-order valence-electron chi connectivity index (χ0n) is 9.63. The second-order valence-electron chi connectivity index (χ2n) is 3.86. The molecule has 1 N–H and O–H groups in total. The number of aryl methyl sites for hydroxylation is 1. The van der Waals surface area contributed by atoms with Crippen LogP contribution in [0, 0.1) is 6.92 Å².